The van der Waals surface area contributed by atoms with Gasteiger partial charge >= 0.3 is 0 Å². The number of carbonyl (C=O) groups excluding carboxylic acids is 1. The Morgan fingerprint density at radius 1 is 1.33 bits per heavy atom. The van der Waals surface area contributed by atoms with Gasteiger partial charge in [-0.05, 0) is 23.6 Å². The van der Waals surface area contributed by atoms with Gasteiger partial charge < -0.3 is 10.0 Å². The predicted octanol–water partition coefficient (Wildman–Crippen LogP) is 2.22. The highest BCUT2D eigenvalue weighted by atomic mass is 16.3. The maximum Gasteiger partial charge on any atom is 0.253 e. The molecule has 15 heavy (non-hydrogen) atoms. The normalized spacial score (nSPS) is 10.5. The molecule has 0 atom stereocenters. The van der Waals surface area contributed by atoms with Gasteiger partial charge in [0.05, 0.1) is 0 Å². The zero-order chi connectivity index (χ0) is 11.6. The summed E-state index contributed by atoms with van der Waals surface area (Å²) in [5, 5.41) is 9.38. The second-order valence-electron chi connectivity index (χ2n) is 4.13. The highest BCUT2D eigenvalue weighted by Crippen LogP contribution is 2.24. The van der Waals surface area contributed by atoms with Gasteiger partial charge in [0.25, 0.3) is 5.91 Å². The van der Waals surface area contributed by atoms with E-state index in [1.54, 1.807) is 26.2 Å². The second kappa shape index (κ2) is 4.34. The van der Waals surface area contributed by atoms with Crippen molar-refractivity contribution in [2.24, 2.45) is 0 Å². The minimum atomic E-state index is -0.0744. The molecular weight excluding hydrogens is 190 g/mol. The zero-order valence-electron chi connectivity index (χ0n) is 9.61. The molecule has 0 spiro atoms. The third kappa shape index (κ3) is 2.49. The fraction of sp³-hybridized carbons (Fsp3) is 0.417. The Bertz CT molecular complexity index is 370. The fourth-order valence-corrected chi connectivity index (χ4v) is 1.47. The van der Waals surface area contributed by atoms with E-state index in [-0.39, 0.29) is 17.6 Å². The van der Waals surface area contributed by atoms with E-state index in [1.165, 1.54) is 11.0 Å². The molecule has 3 heteroatoms. The van der Waals surface area contributed by atoms with Crippen LogP contribution in [0.2, 0.25) is 0 Å². The molecule has 1 aromatic rings. The lowest BCUT2D eigenvalue weighted by atomic mass is 9.96. The fourth-order valence-electron chi connectivity index (χ4n) is 1.47. The van der Waals surface area contributed by atoms with Gasteiger partial charge in [0.1, 0.15) is 5.75 Å². The van der Waals surface area contributed by atoms with Crippen molar-refractivity contribution in [3.05, 3.63) is 29.3 Å². The van der Waals surface area contributed by atoms with Crippen LogP contribution in [0.25, 0.3) is 0 Å². The van der Waals surface area contributed by atoms with Crippen LogP contribution in [0.5, 0.6) is 5.75 Å². The van der Waals surface area contributed by atoms with Crippen molar-refractivity contribution in [1.29, 1.82) is 0 Å². The molecule has 0 aliphatic carbocycles. The van der Waals surface area contributed by atoms with Gasteiger partial charge in [-0.25, -0.2) is 0 Å². The van der Waals surface area contributed by atoms with Crippen LogP contribution in [0.1, 0.15) is 35.7 Å². The van der Waals surface area contributed by atoms with Gasteiger partial charge in [0.15, 0.2) is 0 Å². The second-order valence-corrected chi connectivity index (χ2v) is 4.13. The predicted molar refractivity (Wildman–Crippen MR) is 60.2 cm³/mol. The van der Waals surface area contributed by atoms with E-state index in [0.717, 1.165) is 5.56 Å². The number of phenolic OH excluding ortho intramolecular Hbond substituents is 1. The Balaban J connectivity index is 3.24. The summed E-state index contributed by atoms with van der Waals surface area (Å²) in [4.78, 5) is 13.4. The molecule has 3 nitrogen and oxygen atoms in total. The Morgan fingerprint density at radius 2 is 1.93 bits per heavy atom. The minimum absolute atomic E-state index is 0.0744. The van der Waals surface area contributed by atoms with Crippen LogP contribution < -0.4 is 0 Å². The number of nitrogens with zero attached hydrogens (tertiary/aromatic N) is 1. The van der Waals surface area contributed by atoms with E-state index in [9.17, 15) is 9.90 Å². The number of carbonyl (C=O) groups is 1. The van der Waals surface area contributed by atoms with Crippen molar-refractivity contribution in [3.63, 3.8) is 0 Å². The highest BCUT2D eigenvalue weighted by Gasteiger charge is 2.15. The molecule has 0 aromatic heterocycles. The number of hydrogen-bond donors (Lipinski definition) is 1. The molecule has 0 saturated heterocycles. The first-order valence-corrected chi connectivity index (χ1v) is 4.98. The van der Waals surface area contributed by atoms with Crippen LogP contribution in [-0.4, -0.2) is 30.0 Å². The largest absolute Gasteiger partial charge is 0.508 e. The van der Waals surface area contributed by atoms with E-state index >= 15 is 0 Å². The maximum absolute atomic E-state index is 11.8. The molecule has 1 aromatic carbocycles. The lowest BCUT2D eigenvalue weighted by Crippen LogP contribution is -2.23. The molecule has 0 saturated carbocycles. The first kappa shape index (κ1) is 11.6. The van der Waals surface area contributed by atoms with Crippen molar-refractivity contribution in [2.75, 3.05) is 14.1 Å². The molecule has 0 aliphatic heterocycles. The quantitative estimate of drug-likeness (QED) is 0.807. The molecule has 82 valence electrons. The van der Waals surface area contributed by atoms with E-state index in [1.807, 2.05) is 13.8 Å². The van der Waals surface area contributed by atoms with E-state index in [2.05, 4.69) is 0 Å². The zero-order valence-corrected chi connectivity index (χ0v) is 9.61. The van der Waals surface area contributed by atoms with E-state index < -0.39 is 0 Å². The van der Waals surface area contributed by atoms with Gasteiger partial charge in [-0.3, -0.25) is 4.79 Å². The first-order chi connectivity index (χ1) is 6.93. The molecule has 1 amide bonds. The van der Waals surface area contributed by atoms with Gasteiger partial charge in [-0.1, -0.05) is 19.9 Å². The van der Waals surface area contributed by atoms with Gasteiger partial charge in [0.2, 0.25) is 0 Å². The van der Waals surface area contributed by atoms with Crippen LogP contribution in [0, 0.1) is 0 Å². The smallest absolute Gasteiger partial charge is 0.253 e. The molecular formula is C12H17NO2. The van der Waals surface area contributed by atoms with Crippen molar-refractivity contribution in [1.82, 2.24) is 4.90 Å². The molecule has 0 aliphatic rings. The van der Waals surface area contributed by atoms with Crippen molar-refractivity contribution >= 4 is 5.91 Å². The Hall–Kier alpha value is -1.51. The molecule has 0 unspecified atom stereocenters. The lowest BCUT2D eigenvalue weighted by Gasteiger charge is -2.16. The van der Waals surface area contributed by atoms with Crippen LogP contribution in [0.4, 0.5) is 0 Å². The SMILES string of the molecule is CC(C)c1ccc(O)cc1C(=O)N(C)C. The number of phenols is 1. The minimum Gasteiger partial charge on any atom is -0.508 e. The molecule has 1 rings (SSSR count). The average molecular weight is 207 g/mol. The number of rotatable bonds is 2. The molecule has 0 fully saturated rings. The molecule has 0 radical (unpaired) electrons. The van der Waals surface area contributed by atoms with Gasteiger partial charge in [0, 0.05) is 19.7 Å². The molecule has 1 N–H and O–H groups in total. The number of hydrogen-bond acceptors (Lipinski definition) is 2. The number of amides is 1. The van der Waals surface area contributed by atoms with Crippen molar-refractivity contribution in [3.8, 4) is 5.75 Å². The lowest BCUT2D eigenvalue weighted by molar-refractivity contribution is 0.0825. The summed E-state index contributed by atoms with van der Waals surface area (Å²) >= 11 is 0. The summed E-state index contributed by atoms with van der Waals surface area (Å²) in [5.74, 6) is 0.323. The summed E-state index contributed by atoms with van der Waals surface area (Å²) in [6.45, 7) is 4.05. The Morgan fingerprint density at radius 3 is 2.40 bits per heavy atom. The third-order valence-corrected chi connectivity index (χ3v) is 2.30. The maximum atomic E-state index is 11.8. The van der Waals surface area contributed by atoms with Crippen molar-refractivity contribution < 1.29 is 9.90 Å². The molecule has 0 heterocycles. The van der Waals surface area contributed by atoms with Crippen LogP contribution in [0.15, 0.2) is 18.2 Å². The van der Waals surface area contributed by atoms with Crippen LogP contribution >= 0.6 is 0 Å². The molecule has 0 bridgehead atoms. The number of benzene rings is 1. The van der Waals surface area contributed by atoms with E-state index in [4.69, 9.17) is 0 Å². The standard InChI is InChI=1S/C12H17NO2/c1-8(2)10-6-5-9(14)7-11(10)12(15)13(3)4/h5-8,14H,1-4H3. The highest BCUT2D eigenvalue weighted by molar-refractivity contribution is 5.96. The summed E-state index contributed by atoms with van der Waals surface area (Å²) < 4.78 is 0. The Kier molecular flexibility index (Phi) is 3.35. The summed E-state index contributed by atoms with van der Waals surface area (Å²) in [5.41, 5.74) is 1.54. The van der Waals surface area contributed by atoms with Crippen LogP contribution in [-0.2, 0) is 0 Å². The van der Waals surface area contributed by atoms with Gasteiger partial charge in [-0.15, -0.1) is 0 Å². The van der Waals surface area contributed by atoms with E-state index in [0.29, 0.717) is 5.56 Å². The number of aromatic hydroxyl groups is 1. The third-order valence-electron chi connectivity index (χ3n) is 2.30. The van der Waals surface area contributed by atoms with Crippen LogP contribution in [0.3, 0.4) is 0 Å². The monoisotopic (exact) mass is 207 g/mol. The first-order valence-electron chi connectivity index (χ1n) is 4.98. The Labute approximate surface area is 90.3 Å². The summed E-state index contributed by atoms with van der Waals surface area (Å²) in [6, 6.07) is 4.94. The van der Waals surface area contributed by atoms with Crippen molar-refractivity contribution in [2.45, 2.75) is 19.8 Å². The van der Waals surface area contributed by atoms with Gasteiger partial charge in [-0.2, -0.15) is 0 Å². The average Bonchev–Trinajstić information content (AvgIpc) is 2.15. The summed E-state index contributed by atoms with van der Waals surface area (Å²) in [7, 11) is 3.41. The summed E-state index contributed by atoms with van der Waals surface area (Å²) in [6.07, 6.45) is 0. The topological polar surface area (TPSA) is 40.5 Å².